The highest BCUT2D eigenvalue weighted by molar-refractivity contribution is 7.17. The van der Waals surface area contributed by atoms with Gasteiger partial charge in [-0.05, 0) is 36.4 Å². The number of rotatable bonds is 7. The number of aromatic nitrogens is 1. The fourth-order valence-corrected chi connectivity index (χ4v) is 3.57. The number of esters is 3. The molecule has 0 bridgehead atoms. The highest BCUT2D eigenvalue weighted by atomic mass is 32.1. The molecule has 1 N–H and O–H groups in total. The van der Waals surface area contributed by atoms with Gasteiger partial charge < -0.3 is 19.5 Å². The topological polar surface area (TPSA) is 121 Å². The summed E-state index contributed by atoms with van der Waals surface area (Å²) < 4.78 is 14.4. The van der Waals surface area contributed by atoms with E-state index in [1.807, 2.05) is 6.07 Å². The molecule has 0 fully saturated rings. The first-order valence-corrected chi connectivity index (χ1v) is 10.0. The number of hydrogen-bond acceptors (Lipinski definition) is 9. The second kappa shape index (κ2) is 10.3. The molecule has 10 heteroatoms. The van der Waals surface area contributed by atoms with Crippen molar-refractivity contribution in [1.29, 1.82) is 0 Å². The van der Waals surface area contributed by atoms with Crippen molar-refractivity contribution in [3.8, 4) is 10.4 Å². The van der Waals surface area contributed by atoms with Crippen molar-refractivity contribution in [3.05, 3.63) is 70.9 Å². The standard InChI is InChI=1S/C22H18N2O7S/c1-29-20(26)14-8-15(21(27)30-2)10-16(9-14)24-19(25)12-31-22(28)18-6-5-17(32-18)13-4-3-7-23-11-13/h3-11H,12H2,1-2H3,(H,24,25). The van der Waals surface area contributed by atoms with E-state index in [-0.39, 0.29) is 16.8 Å². The van der Waals surface area contributed by atoms with Crippen LogP contribution in [0.25, 0.3) is 10.4 Å². The van der Waals surface area contributed by atoms with E-state index in [0.29, 0.717) is 4.88 Å². The van der Waals surface area contributed by atoms with Crippen molar-refractivity contribution >= 4 is 40.8 Å². The van der Waals surface area contributed by atoms with E-state index in [0.717, 1.165) is 10.4 Å². The highest BCUT2D eigenvalue weighted by Gasteiger charge is 2.17. The van der Waals surface area contributed by atoms with Crippen LogP contribution in [0.2, 0.25) is 0 Å². The summed E-state index contributed by atoms with van der Waals surface area (Å²) in [5, 5.41) is 2.48. The molecule has 0 unspecified atom stereocenters. The van der Waals surface area contributed by atoms with Crippen molar-refractivity contribution in [3.63, 3.8) is 0 Å². The molecule has 0 aliphatic rings. The minimum absolute atomic E-state index is 0.0456. The van der Waals surface area contributed by atoms with E-state index in [1.165, 1.54) is 43.8 Å². The normalized spacial score (nSPS) is 10.2. The zero-order chi connectivity index (χ0) is 23.1. The van der Waals surface area contributed by atoms with Crippen LogP contribution in [0.3, 0.4) is 0 Å². The van der Waals surface area contributed by atoms with Gasteiger partial charge in [0.1, 0.15) is 4.88 Å². The first kappa shape index (κ1) is 22.6. The van der Waals surface area contributed by atoms with Crippen molar-refractivity contribution < 1.29 is 33.4 Å². The van der Waals surface area contributed by atoms with Crippen LogP contribution in [0.4, 0.5) is 5.69 Å². The van der Waals surface area contributed by atoms with Gasteiger partial charge in [0.15, 0.2) is 6.61 Å². The van der Waals surface area contributed by atoms with Gasteiger partial charge in [0.05, 0.1) is 25.3 Å². The third kappa shape index (κ3) is 5.55. The molecule has 0 spiro atoms. The maximum absolute atomic E-state index is 12.3. The number of amides is 1. The molecule has 164 valence electrons. The Hall–Kier alpha value is -4.05. The quantitative estimate of drug-likeness (QED) is 0.427. The Morgan fingerprint density at radius 2 is 1.62 bits per heavy atom. The lowest BCUT2D eigenvalue weighted by atomic mass is 10.1. The Labute approximate surface area is 186 Å². The van der Waals surface area contributed by atoms with Gasteiger partial charge in [0, 0.05) is 28.5 Å². The molecule has 2 heterocycles. The van der Waals surface area contributed by atoms with E-state index < -0.39 is 30.4 Å². The third-order valence-corrected chi connectivity index (χ3v) is 5.26. The molecule has 0 atom stereocenters. The summed E-state index contributed by atoms with van der Waals surface area (Å²) in [5.74, 6) is -2.70. The van der Waals surface area contributed by atoms with Crippen LogP contribution < -0.4 is 5.32 Å². The number of pyridine rings is 1. The van der Waals surface area contributed by atoms with E-state index in [9.17, 15) is 19.2 Å². The second-order valence-corrected chi connectivity index (χ2v) is 7.40. The molecular formula is C22H18N2O7S. The number of methoxy groups -OCH3 is 2. The van der Waals surface area contributed by atoms with Gasteiger partial charge in [-0.25, -0.2) is 14.4 Å². The Bertz CT molecular complexity index is 1120. The lowest BCUT2D eigenvalue weighted by Crippen LogP contribution is -2.21. The summed E-state index contributed by atoms with van der Waals surface area (Å²) in [6.45, 7) is -0.561. The monoisotopic (exact) mass is 454 g/mol. The SMILES string of the molecule is COC(=O)c1cc(NC(=O)COC(=O)c2ccc(-c3cccnc3)s2)cc(C(=O)OC)c1. The third-order valence-electron chi connectivity index (χ3n) is 4.15. The lowest BCUT2D eigenvalue weighted by Gasteiger charge is -2.10. The van der Waals surface area contributed by atoms with Gasteiger partial charge >= 0.3 is 17.9 Å². The number of hydrogen-bond donors (Lipinski definition) is 1. The molecule has 3 rings (SSSR count). The summed E-state index contributed by atoms with van der Waals surface area (Å²) in [4.78, 5) is 53.4. The van der Waals surface area contributed by atoms with Crippen LogP contribution in [-0.4, -0.2) is 49.6 Å². The first-order valence-electron chi connectivity index (χ1n) is 9.20. The summed E-state index contributed by atoms with van der Waals surface area (Å²) in [6, 6.07) is 11.0. The van der Waals surface area contributed by atoms with Crippen LogP contribution in [0, 0.1) is 0 Å². The maximum Gasteiger partial charge on any atom is 0.348 e. The molecule has 1 aromatic carbocycles. The van der Waals surface area contributed by atoms with Gasteiger partial charge in [0.2, 0.25) is 0 Å². The van der Waals surface area contributed by atoms with Crippen LogP contribution in [0.1, 0.15) is 30.4 Å². The van der Waals surface area contributed by atoms with E-state index in [2.05, 4.69) is 19.8 Å². The highest BCUT2D eigenvalue weighted by Crippen LogP contribution is 2.27. The molecule has 32 heavy (non-hydrogen) atoms. The van der Waals surface area contributed by atoms with Crippen molar-refractivity contribution in [2.24, 2.45) is 0 Å². The Morgan fingerprint density at radius 3 is 2.22 bits per heavy atom. The molecule has 9 nitrogen and oxygen atoms in total. The molecule has 1 amide bonds. The largest absolute Gasteiger partial charge is 0.465 e. The second-order valence-electron chi connectivity index (χ2n) is 6.31. The summed E-state index contributed by atoms with van der Waals surface area (Å²) in [7, 11) is 2.38. The van der Waals surface area contributed by atoms with Crippen molar-refractivity contribution in [2.45, 2.75) is 0 Å². The molecule has 0 saturated heterocycles. The predicted octanol–water partition coefficient (Wildman–Crippen LogP) is 3.18. The van der Waals surface area contributed by atoms with Crippen LogP contribution in [0.5, 0.6) is 0 Å². The Kier molecular flexibility index (Phi) is 7.29. The number of nitrogens with zero attached hydrogens (tertiary/aromatic N) is 1. The number of carbonyl (C=O) groups is 4. The summed E-state index contributed by atoms with van der Waals surface area (Å²) >= 11 is 1.22. The molecular weight excluding hydrogens is 436 g/mol. The van der Waals surface area contributed by atoms with Crippen LogP contribution >= 0.6 is 11.3 Å². The number of nitrogens with one attached hydrogen (secondary N) is 1. The maximum atomic E-state index is 12.3. The average Bonchev–Trinajstić information content (AvgIpc) is 3.32. The minimum Gasteiger partial charge on any atom is -0.465 e. The van der Waals surface area contributed by atoms with E-state index >= 15 is 0 Å². The lowest BCUT2D eigenvalue weighted by molar-refractivity contribution is -0.119. The number of anilines is 1. The molecule has 0 radical (unpaired) electrons. The van der Waals surface area contributed by atoms with Crippen LogP contribution in [0.15, 0.2) is 54.9 Å². The van der Waals surface area contributed by atoms with E-state index in [4.69, 9.17) is 4.74 Å². The number of carbonyl (C=O) groups excluding carboxylic acids is 4. The van der Waals surface area contributed by atoms with Gasteiger partial charge in [0.25, 0.3) is 5.91 Å². The zero-order valence-electron chi connectivity index (χ0n) is 17.1. The molecule has 0 aliphatic heterocycles. The molecule has 0 aliphatic carbocycles. The number of benzene rings is 1. The predicted molar refractivity (Wildman–Crippen MR) is 116 cm³/mol. The first-order chi connectivity index (χ1) is 15.4. The molecule has 3 aromatic rings. The molecule has 2 aromatic heterocycles. The summed E-state index contributed by atoms with van der Waals surface area (Å²) in [6.07, 6.45) is 3.33. The fraction of sp³-hybridized carbons (Fsp3) is 0.136. The Balaban J connectivity index is 1.64. The average molecular weight is 454 g/mol. The number of ether oxygens (including phenoxy) is 3. The van der Waals surface area contributed by atoms with E-state index in [1.54, 1.807) is 30.6 Å². The zero-order valence-corrected chi connectivity index (χ0v) is 17.9. The minimum atomic E-state index is -0.695. The fourth-order valence-electron chi connectivity index (χ4n) is 2.68. The van der Waals surface area contributed by atoms with Gasteiger partial charge in [-0.3, -0.25) is 9.78 Å². The van der Waals surface area contributed by atoms with Gasteiger partial charge in [-0.15, -0.1) is 11.3 Å². The van der Waals surface area contributed by atoms with Crippen LogP contribution in [-0.2, 0) is 19.0 Å². The number of thiophene rings is 1. The smallest absolute Gasteiger partial charge is 0.348 e. The Morgan fingerprint density at radius 1 is 0.938 bits per heavy atom. The van der Waals surface area contributed by atoms with Crippen molar-refractivity contribution in [1.82, 2.24) is 4.98 Å². The van der Waals surface area contributed by atoms with Crippen molar-refractivity contribution in [2.75, 3.05) is 26.1 Å². The van der Waals surface area contributed by atoms with Gasteiger partial charge in [-0.2, -0.15) is 0 Å². The van der Waals surface area contributed by atoms with Gasteiger partial charge in [-0.1, -0.05) is 6.07 Å². The summed E-state index contributed by atoms with van der Waals surface area (Å²) in [5.41, 5.74) is 1.10. The molecule has 0 saturated carbocycles.